The van der Waals surface area contributed by atoms with Crippen LogP contribution < -0.4 is 5.32 Å². The second-order valence-electron chi connectivity index (χ2n) is 13.0. The normalized spacial score (nSPS) is 38.9. The molecule has 8 atom stereocenters. The topological polar surface area (TPSA) is 121 Å². The van der Waals surface area contributed by atoms with Crippen LogP contribution in [0.4, 0.5) is 4.79 Å². The fourth-order valence-corrected chi connectivity index (χ4v) is 8.18. The molecule has 0 radical (unpaired) electrons. The number of nitrogens with one attached hydrogen (secondary N) is 1. The predicted molar refractivity (Wildman–Crippen MR) is 130 cm³/mol. The van der Waals surface area contributed by atoms with Crippen molar-refractivity contribution in [3.8, 4) is 6.07 Å². The largest absolute Gasteiger partial charge is 0.444 e. The molecule has 6 fully saturated rings. The number of ether oxygens (including phenoxy) is 3. The number of rotatable bonds is 9. The van der Waals surface area contributed by atoms with Gasteiger partial charge in [-0.25, -0.2) is 4.79 Å². The van der Waals surface area contributed by atoms with Crippen LogP contribution >= 0.6 is 0 Å². The maximum atomic E-state index is 14.2. The Bertz CT molecular complexity index is 896. The van der Waals surface area contributed by atoms with E-state index in [0.29, 0.717) is 44.0 Å². The Morgan fingerprint density at radius 2 is 1.83 bits per heavy atom. The van der Waals surface area contributed by atoms with Gasteiger partial charge >= 0.3 is 6.09 Å². The summed E-state index contributed by atoms with van der Waals surface area (Å²) < 4.78 is 17.5. The molecule has 2 N–H and O–H groups in total. The Kier molecular flexibility index (Phi) is 6.76. The van der Waals surface area contributed by atoms with Crippen LogP contribution in [0.1, 0.15) is 72.1 Å². The minimum atomic E-state index is -0.734. The zero-order valence-electron chi connectivity index (χ0n) is 21.8. The lowest BCUT2D eigenvalue weighted by atomic mass is 9.46. The maximum absolute atomic E-state index is 14.2. The highest BCUT2D eigenvalue weighted by Crippen LogP contribution is 2.64. The fourth-order valence-electron chi connectivity index (χ4n) is 8.18. The minimum absolute atomic E-state index is 0.0133. The molecule has 0 aromatic heterocycles. The third-order valence-corrected chi connectivity index (χ3v) is 8.95. The molecule has 0 aromatic rings. The molecule has 36 heavy (non-hydrogen) atoms. The van der Waals surface area contributed by atoms with Crippen LogP contribution in [0.5, 0.6) is 0 Å². The number of nitrogens with zero attached hydrogens (tertiary/aromatic N) is 2. The number of nitriles is 1. The van der Waals surface area contributed by atoms with Crippen molar-refractivity contribution >= 4 is 12.0 Å². The number of hydrogen-bond donors (Lipinski definition) is 2. The highest BCUT2D eigenvalue weighted by atomic mass is 16.6. The van der Waals surface area contributed by atoms with Gasteiger partial charge in [-0.15, -0.1) is 0 Å². The molecule has 1 aliphatic heterocycles. The highest BCUT2D eigenvalue weighted by molar-refractivity contribution is 5.88. The van der Waals surface area contributed by atoms with E-state index in [9.17, 15) is 14.9 Å². The zero-order chi connectivity index (χ0) is 25.7. The van der Waals surface area contributed by atoms with E-state index < -0.39 is 29.2 Å². The highest BCUT2D eigenvalue weighted by Gasteiger charge is 2.64. The van der Waals surface area contributed by atoms with Crippen LogP contribution in [-0.2, 0) is 19.0 Å². The molecule has 6 aliphatic rings. The molecule has 2 amide bonds. The molecule has 1 heterocycles. The molecule has 0 spiro atoms. The Hall–Kier alpha value is -1.89. The number of alkyl carbamates (subject to hydrolysis) is 1. The summed E-state index contributed by atoms with van der Waals surface area (Å²) >= 11 is 0. The first-order valence-corrected chi connectivity index (χ1v) is 13.6. The number of fused-ring (bicyclic) bond motifs is 1. The summed E-state index contributed by atoms with van der Waals surface area (Å²) in [5.41, 5.74) is -1.43. The van der Waals surface area contributed by atoms with Crippen LogP contribution in [-0.4, -0.2) is 77.8 Å². The van der Waals surface area contributed by atoms with Crippen molar-refractivity contribution in [1.82, 2.24) is 10.2 Å². The molecule has 3 unspecified atom stereocenters. The van der Waals surface area contributed by atoms with Crippen LogP contribution in [0.2, 0.25) is 0 Å². The molecule has 9 heteroatoms. The molecule has 0 aromatic carbocycles. The second kappa shape index (κ2) is 9.45. The molecule has 5 saturated carbocycles. The zero-order valence-corrected chi connectivity index (χ0v) is 21.8. The quantitative estimate of drug-likeness (QED) is 0.464. The van der Waals surface area contributed by atoms with Gasteiger partial charge in [0.25, 0.3) is 0 Å². The smallest absolute Gasteiger partial charge is 0.408 e. The van der Waals surface area contributed by atoms with E-state index in [4.69, 9.17) is 19.3 Å². The number of hydrogen-bond acceptors (Lipinski definition) is 7. The van der Waals surface area contributed by atoms with Crippen LogP contribution in [0.3, 0.4) is 0 Å². The number of carbonyl (C=O) groups excluding carboxylic acids is 2. The number of carbonyl (C=O) groups is 2. The molecule has 1 saturated heterocycles. The van der Waals surface area contributed by atoms with E-state index in [-0.39, 0.29) is 24.2 Å². The van der Waals surface area contributed by atoms with Crippen molar-refractivity contribution in [2.24, 2.45) is 23.2 Å². The maximum Gasteiger partial charge on any atom is 0.408 e. The van der Waals surface area contributed by atoms with E-state index in [1.807, 2.05) is 20.8 Å². The Balaban J connectivity index is 1.40. The third-order valence-electron chi connectivity index (χ3n) is 8.95. The molecular formula is C27H41N3O6. The van der Waals surface area contributed by atoms with E-state index in [1.165, 1.54) is 0 Å². The van der Waals surface area contributed by atoms with E-state index in [1.54, 1.807) is 4.90 Å². The van der Waals surface area contributed by atoms with Crippen molar-refractivity contribution < 1.29 is 28.9 Å². The Labute approximate surface area is 213 Å². The van der Waals surface area contributed by atoms with Crippen LogP contribution in [0.25, 0.3) is 0 Å². The summed E-state index contributed by atoms with van der Waals surface area (Å²) in [6, 6.07) is 1.29. The number of aliphatic hydroxyl groups is 1. The average Bonchev–Trinajstić information content (AvgIpc) is 3.44. The third kappa shape index (κ3) is 4.97. The monoisotopic (exact) mass is 503 g/mol. The van der Waals surface area contributed by atoms with Gasteiger partial charge in [-0.1, -0.05) is 0 Å². The van der Waals surface area contributed by atoms with Gasteiger partial charge in [-0.2, -0.15) is 5.26 Å². The summed E-state index contributed by atoms with van der Waals surface area (Å²) in [6.45, 7) is 6.59. The standard InChI is InChI=1S/C27H41N3O6/c1-25(2,3)36-24(33)29-22(23(32)30-20(15-28)9-19-10-21(19)30)26-11-17-8-18(12-26)14-27(13-17,16-26)35-7-6-34-5-4-31/h17-22,31H,4-14,16H2,1-3H3,(H,29,33)/t17-,18?,19+,20-,21-,22+,26?,27?/m0/s1. The van der Waals surface area contributed by atoms with Crippen molar-refractivity contribution in [1.29, 1.82) is 5.26 Å². The lowest BCUT2D eigenvalue weighted by molar-refractivity contribution is -0.206. The predicted octanol–water partition coefficient (Wildman–Crippen LogP) is 2.76. The van der Waals surface area contributed by atoms with E-state index in [2.05, 4.69) is 11.4 Å². The van der Waals surface area contributed by atoms with Gasteiger partial charge in [0.15, 0.2) is 0 Å². The summed E-state index contributed by atoms with van der Waals surface area (Å²) in [5, 5.41) is 21.8. The second-order valence-corrected chi connectivity index (χ2v) is 13.0. The summed E-state index contributed by atoms with van der Waals surface area (Å²) in [5.74, 6) is 1.17. The van der Waals surface area contributed by atoms with Gasteiger partial charge in [0.2, 0.25) is 5.91 Å². The number of likely N-dealkylation sites (tertiary alicyclic amines) is 1. The summed E-state index contributed by atoms with van der Waals surface area (Å²) in [4.78, 5) is 29.0. The van der Waals surface area contributed by atoms with Crippen LogP contribution in [0.15, 0.2) is 0 Å². The lowest BCUT2D eigenvalue weighted by Gasteiger charge is -2.63. The fraction of sp³-hybridized carbons (Fsp3) is 0.889. The first kappa shape index (κ1) is 25.7. The van der Waals surface area contributed by atoms with Crippen LogP contribution in [0, 0.1) is 34.5 Å². The van der Waals surface area contributed by atoms with Crippen molar-refractivity contribution in [3.63, 3.8) is 0 Å². The summed E-state index contributed by atoms with van der Waals surface area (Å²) in [6.07, 6.45) is 6.62. The number of aliphatic hydroxyl groups excluding tert-OH is 1. The SMILES string of the molecule is CC(C)(C)OC(=O)N[C@H](C(=O)N1[C@H](C#N)C[C@@H]2C[C@@H]21)C12CC3C[C@H](CC(OCCOCCO)(C3)C1)C2. The van der Waals surface area contributed by atoms with Crippen molar-refractivity contribution in [3.05, 3.63) is 0 Å². The molecule has 4 bridgehead atoms. The number of amides is 2. The Morgan fingerprint density at radius 3 is 2.47 bits per heavy atom. The van der Waals surface area contributed by atoms with Gasteiger partial charge < -0.3 is 29.5 Å². The van der Waals surface area contributed by atoms with Crippen molar-refractivity contribution in [2.45, 2.75) is 101 Å². The van der Waals surface area contributed by atoms with Gasteiger partial charge in [-0.3, -0.25) is 4.79 Å². The minimum Gasteiger partial charge on any atom is -0.444 e. The lowest BCUT2D eigenvalue weighted by Crippen LogP contribution is -2.67. The number of piperidine rings is 1. The van der Waals surface area contributed by atoms with Crippen molar-refractivity contribution in [2.75, 3.05) is 26.4 Å². The van der Waals surface area contributed by atoms with E-state index >= 15 is 0 Å². The van der Waals surface area contributed by atoms with Gasteiger partial charge in [0.1, 0.15) is 17.7 Å². The molecule has 5 aliphatic carbocycles. The summed E-state index contributed by atoms with van der Waals surface area (Å²) in [7, 11) is 0. The molecule has 200 valence electrons. The van der Waals surface area contributed by atoms with Gasteiger partial charge in [-0.05, 0) is 89.9 Å². The average molecular weight is 504 g/mol. The van der Waals surface area contributed by atoms with Gasteiger partial charge in [0.05, 0.1) is 38.1 Å². The van der Waals surface area contributed by atoms with E-state index in [0.717, 1.165) is 44.9 Å². The Morgan fingerprint density at radius 1 is 1.11 bits per heavy atom. The van der Waals surface area contributed by atoms with Gasteiger partial charge in [0, 0.05) is 11.5 Å². The first-order chi connectivity index (χ1) is 17.1. The molecule has 6 rings (SSSR count). The first-order valence-electron chi connectivity index (χ1n) is 13.6. The molecule has 9 nitrogen and oxygen atoms in total. The molecular weight excluding hydrogens is 462 g/mol.